The Morgan fingerprint density at radius 1 is 1.22 bits per heavy atom. The summed E-state index contributed by atoms with van der Waals surface area (Å²) in [6.45, 7) is 5.99. The summed E-state index contributed by atoms with van der Waals surface area (Å²) in [6, 6.07) is 8.31. The molecule has 0 saturated carbocycles. The molecule has 0 heterocycles. The minimum absolute atomic E-state index is 0.203. The molecule has 23 heavy (non-hydrogen) atoms. The third-order valence-corrected chi connectivity index (χ3v) is 3.67. The molecule has 0 spiro atoms. The Hall–Kier alpha value is -1.53. The summed E-state index contributed by atoms with van der Waals surface area (Å²) in [4.78, 5) is 24.5. The van der Waals surface area contributed by atoms with Crippen molar-refractivity contribution in [2.45, 2.75) is 32.4 Å². The Kier molecular flexibility index (Phi) is 8.12. The highest BCUT2D eigenvalue weighted by molar-refractivity contribution is 7.99. The number of thioether (sulfide) groups is 1. The number of ether oxygens (including phenoxy) is 2. The molecule has 0 aromatic heterocycles. The zero-order valence-corrected chi connectivity index (χ0v) is 14.9. The predicted octanol–water partition coefficient (Wildman–Crippen LogP) is 2.57. The molecule has 1 amide bonds. The molecule has 5 nitrogen and oxygen atoms in total. The summed E-state index contributed by atoms with van der Waals surface area (Å²) in [5.74, 6) is 0.340. The van der Waals surface area contributed by atoms with E-state index in [0.29, 0.717) is 12.2 Å². The zero-order chi connectivity index (χ0) is 17.3. The molecule has 0 aliphatic carbocycles. The van der Waals surface area contributed by atoms with Gasteiger partial charge in [0.15, 0.2) is 6.04 Å². The topological polar surface area (TPSA) is 64.6 Å². The van der Waals surface area contributed by atoms with Gasteiger partial charge in [0.05, 0.1) is 12.4 Å². The van der Waals surface area contributed by atoms with E-state index in [-0.39, 0.29) is 11.7 Å². The van der Waals surface area contributed by atoms with E-state index in [1.54, 1.807) is 40.0 Å². The van der Waals surface area contributed by atoms with E-state index in [4.69, 9.17) is 9.47 Å². The van der Waals surface area contributed by atoms with E-state index in [2.05, 4.69) is 5.32 Å². The molecule has 6 heteroatoms. The minimum atomic E-state index is -0.800. The number of carbonyl (C=O) groups is 2. The Morgan fingerprint density at radius 2 is 1.87 bits per heavy atom. The van der Waals surface area contributed by atoms with Gasteiger partial charge < -0.3 is 14.8 Å². The van der Waals surface area contributed by atoms with Gasteiger partial charge in [0, 0.05) is 12.9 Å². The largest absolute Gasteiger partial charge is 0.458 e. The van der Waals surface area contributed by atoms with Crippen molar-refractivity contribution in [1.82, 2.24) is 5.32 Å². The van der Waals surface area contributed by atoms with Gasteiger partial charge in [-0.05, 0) is 26.3 Å². The lowest BCUT2D eigenvalue weighted by Gasteiger charge is -2.24. The van der Waals surface area contributed by atoms with Crippen LogP contribution in [-0.4, -0.2) is 42.7 Å². The average molecular weight is 339 g/mol. The lowest BCUT2D eigenvalue weighted by atomic mass is 10.1. The Morgan fingerprint density at radius 3 is 2.43 bits per heavy atom. The molecule has 1 atom stereocenters. The monoisotopic (exact) mass is 339 g/mol. The normalized spacial score (nSPS) is 12.5. The molecular formula is C17H25NO4S. The SMILES string of the molecule is COCCSCC(=O)N[C@H](C(=O)OC(C)(C)C)c1ccccc1. The molecule has 0 saturated heterocycles. The number of hydrogen-bond donors (Lipinski definition) is 1. The van der Waals surface area contributed by atoms with E-state index >= 15 is 0 Å². The van der Waals surface area contributed by atoms with Crippen LogP contribution < -0.4 is 5.32 Å². The van der Waals surface area contributed by atoms with Crippen molar-refractivity contribution in [2.24, 2.45) is 0 Å². The van der Waals surface area contributed by atoms with Crippen LogP contribution >= 0.6 is 11.8 Å². The third kappa shape index (κ3) is 8.04. The highest BCUT2D eigenvalue weighted by Crippen LogP contribution is 2.19. The fraction of sp³-hybridized carbons (Fsp3) is 0.529. The second kappa shape index (κ2) is 9.57. The number of amides is 1. The van der Waals surface area contributed by atoms with Gasteiger partial charge in [-0.25, -0.2) is 4.79 Å². The van der Waals surface area contributed by atoms with Crippen LogP contribution in [-0.2, 0) is 19.1 Å². The first-order valence-electron chi connectivity index (χ1n) is 7.47. The maximum absolute atomic E-state index is 12.4. The molecule has 0 aliphatic heterocycles. The van der Waals surface area contributed by atoms with Gasteiger partial charge in [0.25, 0.3) is 0 Å². The zero-order valence-electron chi connectivity index (χ0n) is 14.1. The minimum Gasteiger partial charge on any atom is -0.458 e. The van der Waals surface area contributed by atoms with Crippen LogP contribution in [0.2, 0.25) is 0 Å². The maximum Gasteiger partial charge on any atom is 0.333 e. The number of methoxy groups -OCH3 is 1. The van der Waals surface area contributed by atoms with Crippen molar-refractivity contribution >= 4 is 23.6 Å². The molecule has 1 N–H and O–H groups in total. The maximum atomic E-state index is 12.4. The summed E-state index contributed by atoms with van der Waals surface area (Å²) >= 11 is 1.46. The molecule has 0 unspecified atom stereocenters. The summed E-state index contributed by atoms with van der Waals surface area (Å²) in [7, 11) is 1.62. The van der Waals surface area contributed by atoms with Crippen LogP contribution in [0.4, 0.5) is 0 Å². The third-order valence-electron chi connectivity index (χ3n) is 2.75. The second-order valence-electron chi connectivity index (χ2n) is 5.99. The molecule has 0 aliphatic rings. The standard InChI is InChI=1S/C17H25NO4S/c1-17(2,3)22-16(20)15(13-8-6-5-7-9-13)18-14(19)12-23-11-10-21-4/h5-9,15H,10-12H2,1-4H3,(H,18,19)/t15-/m0/s1. The number of hydrogen-bond acceptors (Lipinski definition) is 5. The first-order chi connectivity index (χ1) is 10.8. The summed E-state index contributed by atoms with van der Waals surface area (Å²) in [5, 5.41) is 2.76. The molecule has 0 bridgehead atoms. The molecule has 1 aromatic carbocycles. The van der Waals surface area contributed by atoms with E-state index in [9.17, 15) is 9.59 Å². The number of benzene rings is 1. The van der Waals surface area contributed by atoms with Crippen LogP contribution in [0, 0.1) is 0 Å². The van der Waals surface area contributed by atoms with Gasteiger partial charge in [-0.1, -0.05) is 30.3 Å². The number of rotatable bonds is 8. The molecule has 0 radical (unpaired) electrons. The van der Waals surface area contributed by atoms with Gasteiger partial charge >= 0.3 is 5.97 Å². The van der Waals surface area contributed by atoms with E-state index in [1.807, 2.05) is 18.2 Å². The van der Waals surface area contributed by atoms with Crippen molar-refractivity contribution in [3.8, 4) is 0 Å². The number of carbonyl (C=O) groups excluding carboxylic acids is 2. The fourth-order valence-corrected chi connectivity index (χ4v) is 2.49. The molecule has 1 aromatic rings. The van der Waals surface area contributed by atoms with Crippen molar-refractivity contribution in [3.05, 3.63) is 35.9 Å². The van der Waals surface area contributed by atoms with Gasteiger partial charge in [0.2, 0.25) is 5.91 Å². The lowest BCUT2D eigenvalue weighted by Crippen LogP contribution is -2.38. The van der Waals surface area contributed by atoms with Crippen LogP contribution in [0.5, 0.6) is 0 Å². The number of esters is 1. The smallest absolute Gasteiger partial charge is 0.333 e. The second-order valence-corrected chi connectivity index (χ2v) is 7.10. The Labute approximate surface area is 142 Å². The van der Waals surface area contributed by atoms with Crippen LogP contribution in [0.25, 0.3) is 0 Å². The molecule has 0 fully saturated rings. The van der Waals surface area contributed by atoms with Gasteiger partial charge in [0.1, 0.15) is 5.60 Å². The van der Waals surface area contributed by atoms with Gasteiger partial charge in [-0.15, -0.1) is 11.8 Å². The van der Waals surface area contributed by atoms with E-state index in [1.165, 1.54) is 11.8 Å². The molecule has 1 rings (SSSR count). The van der Waals surface area contributed by atoms with E-state index in [0.717, 1.165) is 5.75 Å². The summed E-state index contributed by atoms with van der Waals surface area (Å²) < 4.78 is 10.4. The highest BCUT2D eigenvalue weighted by Gasteiger charge is 2.27. The summed E-state index contributed by atoms with van der Waals surface area (Å²) in [6.07, 6.45) is 0. The Bertz CT molecular complexity index is 499. The predicted molar refractivity (Wildman–Crippen MR) is 92.4 cm³/mol. The summed E-state index contributed by atoms with van der Waals surface area (Å²) in [5.41, 5.74) is 0.0965. The van der Waals surface area contributed by atoms with Gasteiger partial charge in [-0.2, -0.15) is 0 Å². The van der Waals surface area contributed by atoms with Gasteiger partial charge in [-0.3, -0.25) is 4.79 Å². The first-order valence-corrected chi connectivity index (χ1v) is 8.63. The number of nitrogens with one attached hydrogen (secondary N) is 1. The van der Waals surface area contributed by atoms with Crippen LogP contribution in [0.1, 0.15) is 32.4 Å². The van der Waals surface area contributed by atoms with Crippen molar-refractivity contribution in [2.75, 3.05) is 25.2 Å². The van der Waals surface area contributed by atoms with Crippen molar-refractivity contribution in [3.63, 3.8) is 0 Å². The van der Waals surface area contributed by atoms with Crippen molar-refractivity contribution in [1.29, 1.82) is 0 Å². The van der Waals surface area contributed by atoms with E-state index < -0.39 is 17.6 Å². The Balaban J connectivity index is 2.72. The lowest BCUT2D eigenvalue weighted by molar-refractivity contribution is -0.158. The van der Waals surface area contributed by atoms with Crippen LogP contribution in [0.15, 0.2) is 30.3 Å². The molecular weight excluding hydrogens is 314 g/mol. The quantitative estimate of drug-likeness (QED) is 0.582. The van der Waals surface area contributed by atoms with Crippen molar-refractivity contribution < 1.29 is 19.1 Å². The highest BCUT2D eigenvalue weighted by atomic mass is 32.2. The molecule has 128 valence electrons. The first kappa shape index (κ1) is 19.5. The fourth-order valence-electron chi connectivity index (χ4n) is 1.79. The van der Waals surface area contributed by atoms with Crippen LogP contribution in [0.3, 0.4) is 0 Å². The average Bonchev–Trinajstić information content (AvgIpc) is 2.48.